The lowest BCUT2D eigenvalue weighted by molar-refractivity contribution is 0.0596. The minimum Gasteiger partial charge on any atom is -0.456 e. The molecule has 0 unspecified atom stereocenters. The van der Waals surface area contributed by atoms with Gasteiger partial charge < -0.3 is 13.8 Å². The Morgan fingerprint density at radius 3 is 2.62 bits per heavy atom. The van der Waals surface area contributed by atoms with Crippen LogP contribution in [0.3, 0.4) is 0 Å². The lowest BCUT2D eigenvalue weighted by Crippen LogP contribution is -2.48. The fraction of sp³-hybridized carbons (Fsp3) is 0.364. The van der Waals surface area contributed by atoms with Gasteiger partial charge in [-0.2, -0.15) is 0 Å². The van der Waals surface area contributed by atoms with E-state index in [1.165, 1.54) is 5.56 Å². The zero-order valence-electron chi connectivity index (χ0n) is 16.7. The molecule has 7 heteroatoms. The molecule has 1 aliphatic rings. The number of amides is 1. The van der Waals surface area contributed by atoms with Gasteiger partial charge in [-0.05, 0) is 43.7 Å². The maximum Gasteiger partial charge on any atom is 0.289 e. The molecule has 0 aliphatic carbocycles. The summed E-state index contributed by atoms with van der Waals surface area (Å²) in [5.74, 6) is 1.88. The summed E-state index contributed by atoms with van der Waals surface area (Å²) < 4.78 is 12.1. The van der Waals surface area contributed by atoms with E-state index in [4.69, 9.17) is 8.94 Å². The highest BCUT2D eigenvalue weighted by Gasteiger charge is 2.24. The average Bonchev–Trinajstić information content (AvgIpc) is 3.30. The van der Waals surface area contributed by atoms with Gasteiger partial charge in [-0.3, -0.25) is 9.69 Å². The number of aryl methyl sites for hydroxylation is 2. The van der Waals surface area contributed by atoms with Crippen molar-refractivity contribution in [2.24, 2.45) is 0 Å². The highest BCUT2D eigenvalue weighted by molar-refractivity contribution is 9.10. The number of aromatic nitrogens is 1. The Balaban J connectivity index is 1.33. The van der Waals surface area contributed by atoms with Crippen molar-refractivity contribution >= 4 is 21.8 Å². The van der Waals surface area contributed by atoms with E-state index in [9.17, 15) is 4.79 Å². The molecule has 3 aromatic rings. The van der Waals surface area contributed by atoms with Gasteiger partial charge in [0.15, 0.2) is 5.76 Å². The smallest absolute Gasteiger partial charge is 0.289 e. The molecule has 1 saturated heterocycles. The molecule has 0 spiro atoms. The molecule has 6 nitrogen and oxygen atoms in total. The van der Waals surface area contributed by atoms with E-state index < -0.39 is 0 Å². The van der Waals surface area contributed by atoms with Crippen LogP contribution < -0.4 is 0 Å². The number of furan rings is 1. The van der Waals surface area contributed by atoms with Gasteiger partial charge in [0.2, 0.25) is 0 Å². The molecular weight excluding hydrogens is 434 g/mol. The first-order chi connectivity index (χ1) is 14.0. The van der Waals surface area contributed by atoms with Crippen molar-refractivity contribution in [1.29, 1.82) is 0 Å². The number of halogens is 1. The van der Waals surface area contributed by atoms with Crippen LogP contribution in [0, 0.1) is 13.8 Å². The second-order valence-corrected chi connectivity index (χ2v) is 8.36. The quantitative estimate of drug-likeness (QED) is 0.574. The van der Waals surface area contributed by atoms with Gasteiger partial charge in [0, 0.05) is 49.2 Å². The number of hydrogen-bond donors (Lipinski definition) is 0. The predicted octanol–water partition coefficient (Wildman–Crippen LogP) is 4.20. The van der Waals surface area contributed by atoms with Gasteiger partial charge in [-0.1, -0.05) is 33.2 Å². The summed E-state index contributed by atoms with van der Waals surface area (Å²) in [6.07, 6.45) is 0.578. The van der Waals surface area contributed by atoms with Crippen LogP contribution in [0.4, 0.5) is 0 Å². The Morgan fingerprint density at radius 2 is 1.93 bits per heavy atom. The van der Waals surface area contributed by atoms with Gasteiger partial charge in [0.1, 0.15) is 11.5 Å². The normalized spacial score (nSPS) is 15.1. The van der Waals surface area contributed by atoms with Gasteiger partial charge >= 0.3 is 0 Å². The minimum absolute atomic E-state index is 0.0443. The van der Waals surface area contributed by atoms with Crippen molar-refractivity contribution < 1.29 is 13.7 Å². The summed E-state index contributed by atoms with van der Waals surface area (Å²) in [6.45, 7) is 7.80. The van der Waals surface area contributed by atoms with Crippen molar-refractivity contribution in [3.63, 3.8) is 0 Å². The fourth-order valence-electron chi connectivity index (χ4n) is 3.67. The van der Waals surface area contributed by atoms with Crippen LogP contribution in [0.2, 0.25) is 0 Å². The van der Waals surface area contributed by atoms with E-state index in [1.54, 1.807) is 6.07 Å². The van der Waals surface area contributed by atoms with Crippen LogP contribution in [0.25, 0.3) is 0 Å². The molecule has 3 heterocycles. The first-order valence-corrected chi connectivity index (χ1v) is 10.6. The van der Waals surface area contributed by atoms with E-state index in [1.807, 2.05) is 30.9 Å². The molecule has 0 radical (unpaired) electrons. The summed E-state index contributed by atoms with van der Waals surface area (Å²) in [6, 6.07) is 12.0. The van der Waals surface area contributed by atoms with E-state index in [-0.39, 0.29) is 5.91 Å². The molecular formula is C22H24BrN3O3. The number of hydrogen-bond acceptors (Lipinski definition) is 5. The topological polar surface area (TPSA) is 62.7 Å². The van der Waals surface area contributed by atoms with Crippen LogP contribution in [0.1, 0.15) is 38.9 Å². The molecule has 1 fully saturated rings. The van der Waals surface area contributed by atoms with E-state index in [0.29, 0.717) is 25.3 Å². The first-order valence-electron chi connectivity index (χ1n) is 9.76. The maximum absolute atomic E-state index is 12.8. The molecule has 1 amide bonds. The van der Waals surface area contributed by atoms with Crippen LogP contribution in [0.15, 0.2) is 49.8 Å². The molecule has 29 heavy (non-hydrogen) atoms. The van der Waals surface area contributed by atoms with E-state index in [2.05, 4.69) is 44.2 Å². The zero-order valence-corrected chi connectivity index (χ0v) is 18.2. The second-order valence-electron chi connectivity index (χ2n) is 7.44. The van der Waals surface area contributed by atoms with Crippen molar-refractivity contribution in [3.05, 3.63) is 75.0 Å². The third kappa shape index (κ3) is 4.62. The van der Waals surface area contributed by atoms with Crippen molar-refractivity contribution in [1.82, 2.24) is 15.0 Å². The molecule has 152 valence electrons. The van der Waals surface area contributed by atoms with E-state index in [0.717, 1.165) is 46.9 Å². The van der Waals surface area contributed by atoms with Crippen LogP contribution in [-0.2, 0) is 13.0 Å². The number of benzene rings is 1. The molecule has 4 rings (SSSR count). The first kappa shape index (κ1) is 19.9. The molecule has 0 atom stereocenters. The minimum atomic E-state index is -0.0443. The predicted molar refractivity (Wildman–Crippen MR) is 113 cm³/mol. The van der Waals surface area contributed by atoms with Crippen LogP contribution in [0.5, 0.6) is 0 Å². The summed E-state index contributed by atoms with van der Waals surface area (Å²) in [5, 5.41) is 3.97. The molecule has 0 saturated carbocycles. The third-order valence-corrected chi connectivity index (χ3v) is 5.85. The molecule has 1 aromatic carbocycles. The Kier molecular flexibility index (Phi) is 5.87. The number of piperazine rings is 1. The van der Waals surface area contributed by atoms with Gasteiger partial charge in [-0.15, -0.1) is 0 Å². The highest BCUT2D eigenvalue weighted by atomic mass is 79.9. The number of nitrogens with zero attached hydrogens (tertiary/aromatic N) is 3. The molecule has 2 aromatic heterocycles. The largest absolute Gasteiger partial charge is 0.456 e. The SMILES string of the molecule is Cc1noc(C)c1Cc1ccc(C(=O)N2CCN(Cc3cccc(Br)c3)CC2)o1. The molecule has 1 aliphatic heterocycles. The lowest BCUT2D eigenvalue weighted by Gasteiger charge is -2.34. The van der Waals surface area contributed by atoms with Crippen molar-refractivity contribution in [3.8, 4) is 0 Å². The van der Waals surface area contributed by atoms with Gasteiger partial charge in [0.25, 0.3) is 5.91 Å². The zero-order chi connectivity index (χ0) is 20.4. The third-order valence-electron chi connectivity index (χ3n) is 5.36. The fourth-order valence-corrected chi connectivity index (χ4v) is 4.12. The van der Waals surface area contributed by atoms with Crippen LogP contribution >= 0.6 is 15.9 Å². The summed E-state index contributed by atoms with van der Waals surface area (Å²) in [7, 11) is 0. The van der Waals surface area contributed by atoms with Crippen molar-refractivity contribution in [2.75, 3.05) is 26.2 Å². The number of rotatable bonds is 5. The van der Waals surface area contributed by atoms with Crippen molar-refractivity contribution in [2.45, 2.75) is 26.8 Å². The number of carbonyl (C=O) groups is 1. The maximum atomic E-state index is 12.8. The lowest BCUT2D eigenvalue weighted by atomic mass is 10.1. The summed E-state index contributed by atoms with van der Waals surface area (Å²) >= 11 is 3.52. The van der Waals surface area contributed by atoms with Gasteiger partial charge in [-0.25, -0.2) is 0 Å². The highest BCUT2D eigenvalue weighted by Crippen LogP contribution is 2.20. The Labute approximate surface area is 178 Å². The van der Waals surface area contributed by atoms with Crippen LogP contribution in [-0.4, -0.2) is 47.0 Å². The van der Waals surface area contributed by atoms with Gasteiger partial charge in [0.05, 0.1) is 5.69 Å². The Hall–Kier alpha value is -2.38. The Morgan fingerprint density at radius 1 is 1.14 bits per heavy atom. The molecule has 0 bridgehead atoms. The molecule has 0 N–H and O–H groups in total. The standard InChI is InChI=1S/C22H24BrN3O3/c1-15-20(16(2)29-24-15)13-19-6-7-21(28-19)22(27)26-10-8-25(9-11-26)14-17-4-3-5-18(23)12-17/h3-7,12H,8-11,13-14H2,1-2H3. The monoisotopic (exact) mass is 457 g/mol. The average molecular weight is 458 g/mol. The number of carbonyl (C=O) groups excluding carboxylic acids is 1. The Bertz CT molecular complexity index is 983. The second kappa shape index (κ2) is 8.55. The van der Waals surface area contributed by atoms with E-state index >= 15 is 0 Å². The summed E-state index contributed by atoms with van der Waals surface area (Å²) in [4.78, 5) is 17.1. The summed E-state index contributed by atoms with van der Waals surface area (Å²) in [5.41, 5.74) is 3.14.